The molecule has 0 spiro atoms. The molecule has 86 valence electrons. The van der Waals surface area contributed by atoms with Gasteiger partial charge in [0.1, 0.15) is 10.8 Å². The maximum atomic E-state index is 11.7. The molecule has 0 aliphatic carbocycles. The van der Waals surface area contributed by atoms with Gasteiger partial charge >= 0.3 is 0 Å². The fourth-order valence-electron chi connectivity index (χ4n) is 0.993. The number of amides is 1. The summed E-state index contributed by atoms with van der Waals surface area (Å²) in [5.74, 6) is -0.179. The van der Waals surface area contributed by atoms with Crippen LogP contribution in [0.4, 0.5) is 5.82 Å². The van der Waals surface area contributed by atoms with Gasteiger partial charge in [-0.3, -0.25) is 4.79 Å². The van der Waals surface area contributed by atoms with Gasteiger partial charge in [0, 0.05) is 0 Å². The van der Waals surface area contributed by atoms with Crippen LogP contribution in [0.15, 0.2) is 24.5 Å². The Morgan fingerprint density at radius 1 is 1.06 bits per heavy atom. The molecule has 0 bridgehead atoms. The van der Waals surface area contributed by atoms with Crippen LogP contribution < -0.4 is 5.32 Å². The molecule has 1 amide bonds. The first kappa shape index (κ1) is 11.7. The SMILES string of the molecule is O=C(Nc1ccc(Cl)nn1)c1cnc(Cl)cn1. The minimum Gasteiger partial charge on any atom is -0.304 e. The number of carbonyl (C=O) groups excluding carboxylic acids is 1. The van der Waals surface area contributed by atoms with Crippen molar-refractivity contribution in [2.75, 3.05) is 5.32 Å². The highest BCUT2D eigenvalue weighted by Gasteiger charge is 2.09. The largest absolute Gasteiger partial charge is 0.304 e. The van der Waals surface area contributed by atoms with Crippen LogP contribution in [0.2, 0.25) is 10.3 Å². The molecule has 2 rings (SSSR count). The first-order valence-electron chi connectivity index (χ1n) is 4.43. The summed E-state index contributed by atoms with van der Waals surface area (Å²) in [6.07, 6.45) is 2.55. The molecule has 0 aliphatic heterocycles. The molecule has 6 nitrogen and oxygen atoms in total. The van der Waals surface area contributed by atoms with Gasteiger partial charge in [-0.25, -0.2) is 9.97 Å². The third-order valence-corrected chi connectivity index (χ3v) is 2.12. The van der Waals surface area contributed by atoms with Crippen molar-refractivity contribution in [1.82, 2.24) is 20.2 Å². The van der Waals surface area contributed by atoms with Crippen molar-refractivity contribution in [2.45, 2.75) is 0 Å². The molecule has 0 unspecified atom stereocenters. The minimum absolute atomic E-state index is 0.131. The summed E-state index contributed by atoms with van der Waals surface area (Å²) < 4.78 is 0. The highest BCUT2D eigenvalue weighted by atomic mass is 35.5. The van der Waals surface area contributed by atoms with Crippen molar-refractivity contribution in [2.24, 2.45) is 0 Å². The lowest BCUT2D eigenvalue weighted by Crippen LogP contribution is -2.15. The van der Waals surface area contributed by atoms with E-state index < -0.39 is 5.91 Å². The summed E-state index contributed by atoms with van der Waals surface area (Å²) in [6.45, 7) is 0. The molecule has 2 aromatic rings. The molecule has 2 aromatic heterocycles. The van der Waals surface area contributed by atoms with Crippen LogP contribution >= 0.6 is 23.2 Å². The predicted octanol–water partition coefficient (Wildman–Crippen LogP) is 1.83. The highest BCUT2D eigenvalue weighted by molar-refractivity contribution is 6.29. The summed E-state index contributed by atoms with van der Waals surface area (Å²) in [5.41, 5.74) is 0.131. The van der Waals surface area contributed by atoms with E-state index in [2.05, 4.69) is 25.5 Å². The van der Waals surface area contributed by atoms with Crippen molar-refractivity contribution in [3.8, 4) is 0 Å². The first-order chi connectivity index (χ1) is 8.15. The van der Waals surface area contributed by atoms with E-state index in [9.17, 15) is 4.79 Å². The molecule has 0 aromatic carbocycles. The number of aromatic nitrogens is 4. The number of rotatable bonds is 2. The zero-order valence-electron chi connectivity index (χ0n) is 8.26. The second kappa shape index (κ2) is 5.03. The molecule has 2 heterocycles. The smallest absolute Gasteiger partial charge is 0.277 e. The van der Waals surface area contributed by atoms with Crippen LogP contribution in [0.5, 0.6) is 0 Å². The molecule has 8 heteroatoms. The Balaban J connectivity index is 2.11. The van der Waals surface area contributed by atoms with Crippen molar-refractivity contribution in [1.29, 1.82) is 0 Å². The van der Waals surface area contributed by atoms with Gasteiger partial charge in [0.05, 0.1) is 12.4 Å². The van der Waals surface area contributed by atoms with Gasteiger partial charge in [0.2, 0.25) is 0 Å². The zero-order valence-corrected chi connectivity index (χ0v) is 9.77. The van der Waals surface area contributed by atoms with E-state index in [1.165, 1.54) is 24.5 Å². The Bertz CT molecular complexity index is 528. The lowest BCUT2D eigenvalue weighted by molar-refractivity contribution is 0.102. The molecule has 0 saturated carbocycles. The van der Waals surface area contributed by atoms with E-state index in [-0.39, 0.29) is 21.8 Å². The Morgan fingerprint density at radius 2 is 1.88 bits per heavy atom. The van der Waals surface area contributed by atoms with Gasteiger partial charge in [-0.2, -0.15) is 0 Å². The van der Waals surface area contributed by atoms with E-state index in [0.29, 0.717) is 0 Å². The molecule has 0 radical (unpaired) electrons. The maximum Gasteiger partial charge on any atom is 0.277 e. The normalized spacial score (nSPS) is 10.0. The number of hydrogen-bond acceptors (Lipinski definition) is 5. The van der Waals surface area contributed by atoms with Crippen LogP contribution in [0, 0.1) is 0 Å². The first-order valence-corrected chi connectivity index (χ1v) is 5.19. The van der Waals surface area contributed by atoms with Gasteiger partial charge in [-0.15, -0.1) is 10.2 Å². The fraction of sp³-hybridized carbons (Fsp3) is 0. The van der Waals surface area contributed by atoms with Gasteiger partial charge in [-0.1, -0.05) is 23.2 Å². The summed E-state index contributed by atoms with van der Waals surface area (Å²) in [5, 5.41) is 10.2. The van der Waals surface area contributed by atoms with E-state index in [0.717, 1.165) is 0 Å². The monoisotopic (exact) mass is 269 g/mol. The molecule has 0 saturated heterocycles. The summed E-state index contributed by atoms with van der Waals surface area (Å²) in [6, 6.07) is 3.04. The van der Waals surface area contributed by atoms with E-state index in [4.69, 9.17) is 23.2 Å². The van der Waals surface area contributed by atoms with Crippen LogP contribution in [-0.4, -0.2) is 26.1 Å². The molecular formula is C9H5Cl2N5O. The van der Waals surface area contributed by atoms with E-state index in [1.807, 2.05) is 0 Å². The fourth-order valence-corrected chi connectivity index (χ4v) is 1.19. The Kier molecular flexibility index (Phi) is 3.46. The van der Waals surface area contributed by atoms with Crippen LogP contribution in [0.25, 0.3) is 0 Å². The minimum atomic E-state index is -0.453. The predicted molar refractivity (Wildman–Crippen MR) is 62.0 cm³/mol. The average Bonchev–Trinajstić information content (AvgIpc) is 2.33. The van der Waals surface area contributed by atoms with Gasteiger partial charge in [0.15, 0.2) is 11.0 Å². The molecule has 0 atom stereocenters. The number of hydrogen-bond donors (Lipinski definition) is 1. The second-order valence-electron chi connectivity index (χ2n) is 2.92. The standard InChI is InChI=1S/C9H5Cl2N5O/c10-6-1-2-8(16-15-6)14-9(17)5-3-13-7(11)4-12-5/h1-4H,(H,14,16,17). The molecule has 1 N–H and O–H groups in total. The average molecular weight is 270 g/mol. The van der Waals surface area contributed by atoms with Crippen molar-refractivity contribution >= 4 is 34.9 Å². The lowest BCUT2D eigenvalue weighted by atomic mass is 10.4. The number of carbonyl (C=O) groups is 1. The van der Waals surface area contributed by atoms with E-state index >= 15 is 0 Å². The quantitative estimate of drug-likeness (QED) is 0.900. The summed E-state index contributed by atoms with van der Waals surface area (Å²) in [4.78, 5) is 19.2. The highest BCUT2D eigenvalue weighted by Crippen LogP contribution is 2.08. The maximum absolute atomic E-state index is 11.7. The van der Waals surface area contributed by atoms with Crippen LogP contribution in [-0.2, 0) is 0 Å². The number of anilines is 1. The van der Waals surface area contributed by atoms with Gasteiger partial charge in [-0.05, 0) is 12.1 Å². The third kappa shape index (κ3) is 3.08. The Labute approximate surface area is 106 Å². The number of halogens is 2. The number of nitrogens with one attached hydrogen (secondary N) is 1. The summed E-state index contributed by atoms with van der Waals surface area (Å²) >= 11 is 11.1. The van der Waals surface area contributed by atoms with Gasteiger partial charge < -0.3 is 5.32 Å². The van der Waals surface area contributed by atoms with Gasteiger partial charge in [0.25, 0.3) is 5.91 Å². The lowest BCUT2D eigenvalue weighted by Gasteiger charge is -2.02. The molecule has 0 fully saturated rings. The van der Waals surface area contributed by atoms with Crippen molar-refractivity contribution in [3.63, 3.8) is 0 Å². The number of nitrogens with zero attached hydrogens (tertiary/aromatic N) is 4. The Morgan fingerprint density at radius 3 is 2.47 bits per heavy atom. The van der Waals surface area contributed by atoms with Crippen molar-refractivity contribution < 1.29 is 4.79 Å². The van der Waals surface area contributed by atoms with Crippen molar-refractivity contribution in [3.05, 3.63) is 40.5 Å². The van der Waals surface area contributed by atoms with Crippen LogP contribution in [0.3, 0.4) is 0 Å². The summed E-state index contributed by atoms with van der Waals surface area (Å²) in [7, 11) is 0. The topological polar surface area (TPSA) is 80.7 Å². The molecular weight excluding hydrogens is 265 g/mol. The molecule has 17 heavy (non-hydrogen) atoms. The molecule has 0 aliphatic rings. The second-order valence-corrected chi connectivity index (χ2v) is 3.69. The van der Waals surface area contributed by atoms with E-state index in [1.54, 1.807) is 0 Å². The zero-order chi connectivity index (χ0) is 12.3. The third-order valence-electron chi connectivity index (χ3n) is 1.73. The Hall–Kier alpha value is -1.79. The van der Waals surface area contributed by atoms with Crippen LogP contribution in [0.1, 0.15) is 10.5 Å².